The van der Waals surface area contributed by atoms with Gasteiger partial charge < -0.3 is 5.32 Å². The molecule has 0 bridgehead atoms. The summed E-state index contributed by atoms with van der Waals surface area (Å²) in [6.07, 6.45) is 2.81. The normalized spacial score (nSPS) is 40.9. The van der Waals surface area contributed by atoms with Gasteiger partial charge in [-0.2, -0.15) is 0 Å². The van der Waals surface area contributed by atoms with Crippen molar-refractivity contribution in [2.75, 3.05) is 6.54 Å². The van der Waals surface area contributed by atoms with Crippen LogP contribution in [0.3, 0.4) is 0 Å². The van der Waals surface area contributed by atoms with E-state index in [1.807, 2.05) is 0 Å². The Bertz CT molecular complexity index is 104. The predicted molar refractivity (Wildman–Crippen MR) is 29.5 cm³/mol. The van der Waals surface area contributed by atoms with E-state index in [1.54, 1.807) is 0 Å². The molecule has 1 aliphatic heterocycles. The Balaban J connectivity index is 2.03. The minimum absolute atomic E-state index is 0.0139. The molecule has 1 nitrogen and oxygen atoms in total. The number of hydrogen-bond acceptors (Lipinski definition) is 1. The molecule has 1 N–H and O–H groups in total. The van der Waals surface area contributed by atoms with Crippen LogP contribution < -0.4 is 5.32 Å². The molecule has 2 fully saturated rings. The Labute approximate surface area is 48.3 Å². The van der Waals surface area contributed by atoms with Gasteiger partial charge in [0.2, 0.25) is 0 Å². The van der Waals surface area contributed by atoms with E-state index in [1.165, 1.54) is 6.42 Å². The molecule has 0 aromatic carbocycles. The average Bonchev–Trinajstić information content (AvgIpc) is 1.58. The molecule has 1 saturated heterocycles. The van der Waals surface area contributed by atoms with E-state index in [9.17, 15) is 4.39 Å². The first kappa shape index (κ1) is 4.74. The summed E-state index contributed by atoms with van der Waals surface area (Å²) in [5, 5.41) is 3.13. The van der Waals surface area contributed by atoms with Crippen molar-refractivity contribution in [3.05, 3.63) is 0 Å². The number of hydrogen-bond donors (Lipinski definition) is 1. The van der Waals surface area contributed by atoms with Crippen molar-refractivity contribution in [2.24, 2.45) is 0 Å². The van der Waals surface area contributed by atoms with Gasteiger partial charge in [0, 0.05) is 6.54 Å². The third-order valence-corrected chi connectivity index (χ3v) is 2.48. The second kappa shape index (κ2) is 1.24. The summed E-state index contributed by atoms with van der Waals surface area (Å²) in [5.41, 5.74) is -0.0139. The van der Waals surface area contributed by atoms with E-state index in [0.717, 1.165) is 12.8 Å². The van der Waals surface area contributed by atoms with E-state index < -0.39 is 6.17 Å². The number of nitrogens with one attached hydrogen (secondary N) is 1. The molecule has 46 valence electrons. The number of rotatable bonds is 0. The van der Waals surface area contributed by atoms with Gasteiger partial charge in [-0.3, -0.25) is 0 Å². The minimum Gasteiger partial charge on any atom is -0.306 e. The Morgan fingerprint density at radius 2 is 2.25 bits per heavy atom. The third kappa shape index (κ3) is 0.356. The van der Waals surface area contributed by atoms with E-state index >= 15 is 0 Å². The quantitative estimate of drug-likeness (QED) is 0.493. The zero-order valence-electron chi connectivity index (χ0n) is 4.78. The molecule has 1 spiro atoms. The van der Waals surface area contributed by atoms with Gasteiger partial charge in [-0.25, -0.2) is 4.39 Å². The fraction of sp³-hybridized carbons (Fsp3) is 1.00. The monoisotopic (exact) mass is 115 g/mol. The molecule has 0 radical (unpaired) electrons. The molecule has 1 unspecified atom stereocenters. The molecule has 2 aliphatic rings. The summed E-state index contributed by atoms with van der Waals surface area (Å²) in [7, 11) is 0. The smallest absolute Gasteiger partial charge is 0.131 e. The molecule has 8 heavy (non-hydrogen) atoms. The standard InChI is InChI=1S/C6H10FN/c7-5-4-8-6(5)2-1-3-6/h5,8H,1-4H2. The van der Waals surface area contributed by atoms with Crippen LogP contribution >= 0.6 is 0 Å². The lowest BCUT2D eigenvalue weighted by Crippen LogP contribution is -2.70. The van der Waals surface area contributed by atoms with Crippen LogP contribution in [0.2, 0.25) is 0 Å². The second-order valence-corrected chi connectivity index (χ2v) is 2.86. The van der Waals surface area contributed by atoms with E-state index in [4.69, 9.17) is 0 Å². The Morgan fingerprint density at radius 3 is 2.25 bits per heavy atom. The van der Waals surface area contributed by atoms with Gasteiger partial charge in [0.25, 0.3) is 0 Å². The molecule has 0 aromatic heterocycles. The highest BCUT2D eigenvalue weighted by atomic mass is 19.1. The molecular weight excluding hydrogens is 105 g/mol. The summed E-state index contributed by atoms with van der Waals surface area (Å²) < 4.78 is 12.6. The summed E-state index contributed by atoms with van der Waals surface area (Å²) in [4.78, 5) is 0. The maximum atomic E-state index is 12.6. The highest BCUT2D eigenvalue weighted by molar-refractivity contribution is 5.09. The molecule has 1 aliphatic carbocycles. The maximum Gasteiger partial charge on any atom is 0.131 e. The van der Waals surface area contributed by atoms with Crippen LogP contribution in [0, 0.1) is 0 Å². The molecule has 0 aromatic rings. The zero-order chi connectivity index (χ0) is 5.61. The van der Waals surface area contributed by atoms with Gasteiger partial charge in [-0.05, 0) is 19.3 Å². The van der Waals surface area contributed by atoms with Gasteiger partial charge in [0.15, 0.2) is 0 Å². The lowest BCUT2D eigenvalue weighted by Gasteiger charge is -2.52. The first-order valence-electron chi connectivity index (χ1n) is 3.23. The molecular formula is C6H10FN. The molecule has 2 heteroatoms. The lowest BCUT2D eigenvalue weighted by molar-refractivity contribution is -0.00615. The van der Waals surface area contributed by atoms with Crippen LogP contribution in [0.1, 0.15) is 19.3 Å². The van der Waals surface area contributed by atoms with Crippen LogP contribution in [0.5, 0.6) is 0 Å². The molecule has 1 heterocycles. The number of halogens is 1. The molecule has 1 saturated carbocycles. The molecule has 2 rings (SSSR count). The van der Waals surface area contributed by atoms with Crippen LogP contribution in [0.25, 0.3) is 0 Å². The maximum absolute atomic E-state index is 12.6. The van der Waals surface area contributed by atoms with Crippen molar-refractivity contribution in [3.8, 4) is 0 Å². The summed E-state index contributed by atoms with van der Waals surface area (Å²) in [5.74, 6) is 0. The summed E-state index contributed by atoms with van der Waals surface area (Å²) >= 11 is 0. The first-order chi connectivity index (χ1) is 3.83. The van der Waals surface area contributed by atoms with Gasteiger partial charge in [-0.1, -0.05) is 0 Å². The molecule has 0 amide bonds. The largest absolute Gasteiger partial charge is 0.306 e. The highest BCUT2D eigenvalue weighted by Gasteiger charge is 2.50. The van der Waals surface area contributed by atoms with Crippen molar-refractivity contribution >= 4 is 0 Å². The van der Waals surface area contributed by atoms with Gasteiger partial charge in [0.05, 0.1) is 5.54 Å². The Kier molecular flexibility index (Phi) is 0.734. The van der Waals surface area contributed by atoms with Crippen molar-refractivity contribution in [1.29, 1.82) is 0 Å². The van der Waals surface area contributed by atoms with Crippen LogP contribution in [0.4, 0.5) is 4.39 Å². The van der Waals surface area contributed by atoms with Crippen molar-refractivity contribution in [2.45, 2.75) is 31.0 Å². The van der Waals surface area contributed by atoms with Gasteiger partial charge in [-0.15, -0.1) is 0 Å². The third-order valence-electron chi connectivity index (χ3n) is 2.48. The summed E-state index contributed by atoms with van der Waals surface area (Å²) in [6.45, 7) is 0.597. The fourth-order valence-electron chi connectivity index (χ4n) is 1.52. The minimum atomic E-state index is -0.531. The number of alkyl halides is 1. The highest BCUT2D eigenvalue weighted by Crippen LogP contribution is 2.41. The van der Waals surface area contributed by atoms with Crippen molar-refractivity contribution in [1.82, 2.24) is 5.32 Å². The predicted octanol–water partition coefficient (Wildman–Crippen LogP) is 0.850. The average molecular weight is 115 g/mol. The van der Waals surface area contributed by atoms with Gasteiger partial charge in [0.1, 0.15) is 6.17 Å². The Hall–Kier alpha value is -0.110. The first-order valence-corrected chi connectivity index (χ1v) is 3.23. The van der Waals surface area contributed by atoms with Gasteiger partial charge >= 0.3 is 0 Å². The van der Waals surface area contributed by atoms with E-state index in [0.29, 0.717) is 6.54 Å². The fourth-order valence-corrected chi connectivity index (χ4v) is 1.52. The zero-order valence-corrected chi connectivity index (χ0v) is 4.78. The Morgan fingerprint density at radius 1 is 1.50 bits per heavy atom. The summed E-state index contributed by atoms with van der Waals surface area (Å²) in [6, 6.07) is 0. The SMILES string of the molecule is FC1CNC12CCC2. The van der Waals surface area contributed by atoms with Crippen LogP contribution in [0.15, 0.2) is 0 Å². The lowest BCUT2D eigenvalue weighted by atomic mass is 9.69. The topological polar surface area (TPSA) is 12.0 Å². The molecule has 1 atom stereocenters. The van der Waals surface area contributed by atoms with Crippen LogP contribution in [-0.2, 0) is 0 Å². The van der Waals surface area contributed by atoms with Crippen molar-refractivity contribution < 1.29 is 4.39 Å². The van der Waals surface area contributed by atoms with Crippen LogP contribution in [-0.4, -0.2) is 18.3 Å². The second-order valence-electron chi connectivity index (χ2n) is 2.86. The van der Waals surface area contributed by atoms with Crippen molar-refractivity contribution in [3.63, 3.8) is 0 Å². The van der Waals surface area contributed by atoms with E-state index in [2.05, 4.69) is 5.32 Å². The van der Waals surface area contributed by atoms with E-state index in [-0.39, 0.29) is 5.54 Å².